The molecular formula is C19H21N3O3S. The first-order valence-corrected chi connectivity index (χ1v) is 9.83. The Bertz CT molecular complexity index is 995. The summed E-state index contributed by atoms with van der Waals surface area (Å²) in [6.07, 6.45) is 0. The van der Waals surface area contributed by atoms with Crippen LogP contribution in [0.3, 0.4) is 0 Å². The third-order valence-corrected chi connectivity index (χ3v) is 5.82. The van der Waals surface area contributed by atoms with E-state index in [1.165, 1.54) is 11.4 Å². The first kappa shape index (κ1) is 18.3. The fourth-order valence-electron chi connectivity index (χ4n) is 2.51. The predicted octanol–water partition coefficient (Wildman–Crippen LogP) is 3.32. The van der Waals surface area contributed by atoms with E-state index in [2.05, 4.69) is 10.1 Å². The van der Waals surface area contributed by atoms with Gasteiger partial charge in [-0.05, 0) is 25.5 Å². The first-order valence-electron chi connectivity index (χ1n) is 8.23. The lowest BCUT2D eigenvalue weighted by Gasteiger charge is -2.15. The Morgan fingerprint density at radius 1 is 1.04 bits per heavy atom. The van der Waals surface area contributed by atoms with E-state index in [0.717, 1.165) is 22.3 Å². The van der Waals surface area contributed by atoms with Crippen molar-refractivity contribution >= 4 is 10.0 Å². The summed E-state index contributed by atoms with van der Waals surface area (Å²) in [4.78, 5) is 4.31. The molecule has 0 radical (unpaired) electrons. The van der Waals surface area contributed by atoms with Crippen molar-refractivity contribution in [3.8, 4) is 11.4 Å². The fourth-order valence-corrected chi connectivity index (χ4v) is 3.66. The maximum absolute atomic E-state index is 12.5. The number of hydrogen-bond donors (Lipinski definition) is 0. The number of aryl methyl sites for hydroxylation is 2. The van der Waals surface area contributed by atoms with E-state index >= 15 is 0 Å². The Labute approximate surface area is 153 Å². The van der Waals surface area contributed by atoms with Gasteiger partial charge < -0.3 is 4.52 Å². The average Bonchev–Trinajstić information content (AvgIpc) is 3.05. The lowest BCUT2D eigenvalue weighted by atomic mass is 10.1. The Kier molecular flexibility index (Phi) is 5.20. The summed E-state index contributed by atoms with van der Waals surface area (Å²) < 4.78 is 31.6. The summed E-state index contributed by atoms with van der Waals surface area (Å²) >= 11 is 0. The lowest BCUT2D eigenvalue weighted by molar-refractivity contribution is 0.336. The van der Waals surface area contributed by atoms with Gasteiger partial charge in [-0.25, -0.2) is 8.42 Å². The van der Waals surface area contributed by atoms with Crippen molar-refractivity contribution < 1.29 is 12.9 Å². The molecule has 2 aromatic carbocycles. The third-order valence-electron chi connectivity index (χ3n) is 4.05. The molecule has 3 aromatic rings. The molecule has 0 bridgehead atoms. The summed E-state index contributed by atoms with van der Waals surface area (Å²) in [5, 5.41) is 3.95. The van der Waals surface area contributed by atoms with Gasteiger partial charge >= 0.3 is 0 Å². The minimum absolute atomic E-state index is 0.0347. The Morgan fingerprint density at radius 3 is 2.46 bits per heavy atom. The number of benzene rings is 2. The zero-order valence-electron chi connectivity index (χ0n) is 15.0. The second-order valence-electron chi connectivity index (χ2n) is 6.38. The molecule has 0 aliphatic heterocycles. The summed E-state index contributed by atoms with van der Waals surface area (Å²) in [6.45, 7) is 3.98. The van der Waals surface area contributed by atoms with E-state index in [4.69, 9.17) is 4.52 Å². The molecule has 6 nitrogen and oxygen atoms in total. The van der Waals surface area contributed by atoms with E-state index in [1.807, 2.05) is 62.4 Å². The normalized spacial score (nSPS) is 11.8. The molecule has 136 valence electrons. The fraction of sp³-hybridized carbons (Fsp3) is 0.263. The molecule has 0 amide bonds. The molecule has 0 unspecified atom stereocenters. The lowest BCUT2D eigenvalue weighted by Crippen LogP contribution is -2.27. The van der Waals surface area contributed by atoms with E-state index in [1.54, 1.807) is 0 Å². The summed E-state index contributed by atoms with van der Waals surface area (Å²) in [5.74, 6) is 0.646. The SMILES string of the molecule is Cc1ccc(CS(=O)(=O)N(C)Cc2nc(-c3cccc(C)c3)no2)cc1. The van der Waals surface area contributed by atoms with Gasteiger partial charge in [-0.2, -0.15) is 9.29 Å². The zero-order chi connectivity index (χ0) is 18.7. The van der Waals surface area contributed by atoms with E-state index in [0.29, 0.717) is 5.82 Å². The predicted molar refractivity (Wildman–Crippen MR) is 99.7 cm³/mol. The molecule has 1 aromatic heterocycles. The third kappa shape index (κ3) is 4.36. The van der Waals surface area contributed by atoms with Crippen molar-refractivity contribution in [3.63, 3.8) is 0 Å². The number of nitrogens with zero attached hydrogens (tertiary/aromatic N) is 3. The Morgan fingerprint density at radius 2 is 1.77 bits per heavy atom. The maximum Gasteiger partial charge on any atom is 0.242 e. The van der Waals surface area contributed by atoms with Crippen LogP contribution in [0.15, 0.2) is 53.1 Å². The Hall–Kier alpha value is -2.51. The van der Waals surface area contributed by atoms with Crippen molar-refractivity contribution in [3.05, 3.63) is 71.1 Å². The Balaban J connectivity index is 1.71. The molecule has 0 N–H and O–H groups in total. The van der Waals surface area contributed by atoms with Crippen LogP contribution in [0.4, 0.5) is 0 Å². The molecule has 7 heteroatoms. The van der Waals surface area contributed by atoms with Crippen LogP contribution < -0.4 is 0 Å². The van der Waals surface area contributed by atoms with Crippen LogP contribution in [0, 0.1) is 13.8 Å². The topological polar surface area (TPSA) is 76.3 Å². The van der Waals surface area contributed by atoms with Crippen molar-refractivity contribution in [1.29, 1.82) is 0 Å². The maximum atomic E-state index is 12.5. The molecule has 0 aliphatic rings. The number of rotatable bonds is 6. The van der Waals surface area contributed by atoms with Crippen LogP contribution in [-0.2, 0) is 22.3 Å². The number of sulfonamides is 1. The molecule has 0 spiro atoms. The number of aromatic nitrogens is 2. The minimum atomic E-state index is -3.48. The quantitative estimate of drug-likeness (QED) is 0.664. The monoisotopic (exact) mass is 371 g/mol. The molecule has 0 aliphatic carbocycles. The summed E-state index contributed by atoms with van der Waals surface area (Å²) in [5.41, 5.74) is 3.76. The van der Waals surface area contributed by atoms with Crippen LogP contribution in [0.1, 0.15) is 22.6 Å². The molecule has 26 heavy (non-hydrogen) atoms. The van der Waals surface area contributed by atoms with Crippen LogP contribution in [0.25, 0.3) is 11.4 Å². The van der Waals surface area contributed by atoms with Crippen molar-refractivity contribution in [1.82, 2.24) is 14.4 Å². The molecule has 0 fully saturated rings. The molecular weight excluding hydrogens is 350 g/mol. The summed E-state index contributed by atoms with van der Waals surface area (Å²) in [7, 11) is -1.97. The van der Waals surface area contributed by atoms with E-state index < -0.39 is 10.0 Å². The molecule has 0 atom stereocenters. The van der Waals surface area contributed by atoms with Gasteiger partial charge in [-0.15, -0.1) is 0 Å². The summed E-state index contributed by atoms with van der Waals surface area (Å²) in [6, 6.07) is 15.2. The van der Waals surface area contributed by atoms with Gasteiger partial charge in [0.1, 0.15) is 0 Å². The van der Waals surface area contributed by atoms with Gasteiger partial charge in [0.05, 0.1) is 12.3 Å². The minimum Gasteiger partial charge on any atom is -0.338 e. The standard InChI is InChI=1S/C19H21N3O3S/c1-14-7-9-16(10-8-14)13-26(23,24)22(3)12-18-20-19(21-25-18)17-6-4-5-15(2)11-17/h4-11H,12-13H2,1-3H3. The molecule has 3 rings (SSSR count). The highest BCUT2D eigenvalue weighted by Crippen LogP contribution is 2.18. The van der Waals surface area contributed by atoms with Gasteiger partial charge in [0.25, 0.3) is 0 Å². The van der Waals surface area contributed by atoms with Crippen LogP contribution in [0.2, 0.25) is 0 Å². The highest BCUT2D eigenvalue weighted by Gasteiger charge is 2.21. The number of hydrogen-bond acceptors (Lipinski definition) is 5. The van der Waals surface area contributed by atoms with E-state index in [9.17, 15) is 8.42 Å². The van der Waals surface area contributed by atoms with Crippen molar-refractivity contribution in [2.45, 2.75) is 26.1 Å². The van der Waals surface area contributed by atoms with Crippen molar-refractivity contribution in [2.24, 2.45) is 0 Å². The van der Waals surface area contributed by atoms with Crippen LogP contribution >= 0.6 is 0 Å². The van der Waals surface area contributed by atoms with Gasteiger partial charge in [0.15, 0.2) is 0 Å². The molecule has 0 saturated heterocycles. The second kappa shape index (κ2) is 7.39. The average molecular weight is 371 g/mol. The second-order valence-corrected chi connectivity index (χ2v) is 8.45. The van der Waals surface area contributed by atoms with Crippen molar-refractivity contribution in [2.75, 3.05) is 7.05 Å². The largest absolute Gasteiger partial charge is 0.338 e. The smallest absolute Gasteiger partial charge is 0.242 e. The van der Waals surface area contributed by atoms with Gasteiger partial charge in [0.2, 0.25) is 21.7 Å². The highest BCUT2D eigenvalue weighted by molar-refractivity contribution is 7.88. The zero-order valence-corrected chi connectivity index (χ0v) is 15.8. The molecule has 0 saturated carbocycles. The van der Waals surface area contributed by atoms with Crippen LogP contribution in [-0.4, -0.2) is 29.9 Å². The van der Waals surface area contributed by atoms with Crippen LogP contribution in [0.5, 0.6) is 0 Å². The first-order chi connectivity index (χ1) is 12.3. The molecule has 1 heterocycles. The van der Waals surface area contributed by atoms with E-state index in [-0.39, 0.29) is 18.2 Å². The van der Waals surface area contributed by atoms with Gasteiger partial charge in [0, 0.05) is 12.6 Å². The highest BCUT2D eigenvalue weighted by atomic mass is 32.2. The van der Waals surface area contributed by atoms with Gasteiger partial charge in [-0.1, -0.05) is 58.7 Å². The van der Waals surface area contributed by atoms with Gasteiger partial charge in [-0.3, -0.25) is 0 Å².